The second kappa shape index (κ2) is 11.0. The molecule has 7 nitrogen and oxygen atoms in total. The summed E-state index contributed by atoms with van der Waals surface area (Å²) in [7, 11) is -3.90. The summed E-state index contributed by atoms with van der Waals surface area (Å²) in [6.07, 6.45) is 0.985. The average molecular weight is 529 g/mol. The molecule has 1 atom stereocenters. The lowest BCUT2D eigenvalue weighted by molar-refractivity contribution is -0.140. The van der Waals surface area contributed by atoms with Crippen LogP contribution in [0.4, 0.5) is 5.69 Å². The van der Waals surface area contributed by atoms with Crippen molar-refractivity contribution in [2.24, 2.45) is 0 Å². The Hall–Kier alpha value is -2.29. The SMILES string of the molecule is Cc1ccccc1CN(C(=O)CN(c1cccc(Cl)c1Cl)S(C)(=O)=O)[C@@H](C)C(=O)NC(C)(C)C. The molecule has 0 aliphatic heterocycles. The number of hydrogen-bond acceptors (Lipinski definition) is 4. The van der Waals surface area contributed by atoms with Crippen molar-refractivity contribution >= 4 is 50.7 Å². The number of sulfonamides is 1. The summed E-state index contributed by atoms with van der Waals surface area (Å²) in [6, 6.07) is 11.2. The summed E-state index contributed by atoms with van der Waals surface area (Å²) >= 11 is 12.3. The van der Waals surface area contributed by atoms with E-state index in [4.69, 9.17) is 23.2 Å². The minimum Gasteiger partial charge on any atom is -0.350 e. The molecule has 0 radical (unpaired) electrons. The van der Waals surface area contributed by atoms with Crippen LogP contribution < -0.4 is 9.62 Å². The lowest BCUT2D eigenvalue weighted by Crippen LogP contribution is -2.54. The van der Waals surface area contributed by atoms with Gasteiger partial charge in [0.15, 0.2) is 0 Å². The van der Waals surface area contributed by atoms with Crippen LogP contribution in [0.5, 0.6) is 0 Å². The van der Waals surface area contributed by atoms with Crippen LogP contribution in [0.25, 0.3) is 0 Å². The van der Waals surface area contributed by atoms with E-state index in [2.05, 4.69) is 5.32 Å². The number of amides is 2. The van der Waals surface area contributed by atoms with Crippen LogP contribution in [0, 0.1) is 6.92 Å². The van der Waals surface area contributed by atoms with E-state index < -0.39 is 34.1 Å². The third-order valence-corrected chi connectivity index (χ3v) is 7.08. The molecule has 34 heavy (non-hydrogen) atoms. The van der Waals surface area contributed by atoms with Crippen molar-refractivity contribution in [2.75, 3.05) is 17.1 Å². The van der Waals surface area contributed by atoms with Crippen LogP contribution in [0.1, 0.15) is 38.8 Å². The van der Waals surface area contributed by atoms with E-state index in [0.29, 0.717) is 0 Å². The zero-order chi connectivity index (χ0) is 25.8. The number of halogens is 2. The first-order valence-electron chi connectivity index (χ1n) is 10.7. The lowest BCUT2D eigenvalue weighted by Gasteiger charge is -2.33. The molecule has 0 saturated carbocycles. The van der Waals surface area contributed by atoms with Gasteiger partial charge in [-0.2, -0.15) is 0 Å². The van der Waals surface area contributed by atoms with Gasteiger partial charge in [0, 0.05) is 12.1 Å². The smallest absolute Gasteiger partial charge is 0.244 e. The van der Waals surface area contributed by atoms with Crippen molar-refractivity contribution < 1.29 is 18.0 Å². The molecular formula is C24H31Cl2N3O4S. The standard InChI is InChI=1S/C24H31Cl2N3O4S/c1-16-10-7-8-11-18(16)14-28(17(2)23(31)27-24(3,4)5)21(30)15-29(34(6,32)33)20-13-9-12-19(25)22(20)26/h7-13,17H,14-15H2,1-6H3,(H,27,31)/t17-/m0/s1. The fourth-order valence-corrected chi connectivity index (χ4v) is 4.61. The van der Waals surface area contributed by atoms with E-state index in [-0.39, 0.29) is 28.2 Å². The molecule has 0 saturated heterocycles. The molecule has 0 aromatic heterocycles. The highest BCUT2D eigenvalue weighted by Gasteiger charge is 2.32. The number of aryl methyl sites for hydroxylation is 1. The van der Waals surface area contributed by atoms with Gasteiger partial charge in [-0.3, -0.25) is 13.9 Å². The van der Waals surface area contributed by atoms with Crippen LogP contribution >= 0.6 is 23.2 Å². The van der Waals surface area contributed by atoms with Gasteiger partial charge in [0.2, 0.25) is 21.8 Å². The van der Waals surface area contributed by atoms with Gasteiger partial charge in [0.25, 0.3) is 0 Å². The number of hydrogen-bond donors (Lipinski definition) is 1. The number of nitrogens with one attached hydrogen (secondary N) is 1. The maximum absolute atomic E-state index is 13.6. The Balaban J connectivity index is 2.47. The van der Waals surface area contributed by atoms with Crippen molar-refractivity contribution in [1.29, 1.82) is 0 Å². The quantitative estimate of drug-likeness (QED) is 0.551. The van der Waals surface area contributed by atoms with Crippen molar-refractivity contribution in [3.63, 3.8) is 0 Å². The molecule has 0 bridgehead atoms. The Bertz CT molecular complexity index is 1160. The highest BCUT2D eigenvalue weighted by molar-refractivity contribution is 7.92. The van der Waals surface area contributed by atoms with Gasteiger partial charge in [-0.25, -0.2) is 8.42 Å². The fourth-order valence-electron chi connectivity index (χ4n) is 3.31. The van der Waals surface area contributed by atoms with E-state index in [1.807, 2.05) is 52.0 Å². The summed E-state index contributed by atoms with van der Waals surface area (Å²) in [6.45, 7) is 8.65. The molecule has 0 fully saturated rings. The van der Waals surface area contributed by atoms with Crippen molar-refractivity contribution in [2.45, 2.75) is 52.7 Å². The first-order valence-corrected chi connectivity index (χ1v) is 13.3. The minimum atomic E-state index is -3.90. The van der Waals surface area contributed by atoms with Gasteiger partial charge >= 0.3 is 0 Å². The topological polar surface area (TPSA) is 86.8 Å². The summed E-state index contributed by atoms with van der Waals surface area (Å²) in [4.78, 5) is 27.9. The Labute approximate surface area is 212 Å². The Kier molecular flexibility index (Phi) is 9.02. The van der Waals surface area contributed by atoms with Crippen LogP contribution in [-0.4, -0.2) is 49.5 Å². The monoisotopic (exact) mass is 527 g/mol. The van der Waals surface area contributed by atoms with E-state index in [1.54, 1.807) is 13.0 Å². The zero-order valence-corrected chi connectivity index (χ0v) is 22.6. The maximum atomic E-state index is 13.6. The number of carbonyl (C=O) groups is 2. The van der Waals surface area contributed by atoms with Crippen molar-refractivity contribution in [3.8, 4) is 0 Å². The van der Waals surface area contributed by atoms with Crippen LogP contribution in [-0.2, 0) is 26.2 Å². The van der Waals surface area contributed by atoms with Crippen molar-refractivity contribution in [1.82, 2.24) is 10.2 Å². The van der Waals surface area contributed by atoms with E-state index >= 15 is 0 Å². The molecule has 2 rings (SSSR count). The number of benzene rings is 2. The van der Waals surface area contributed by atoms with Crippen molar-refractivity contribution in [3.05, 3.63) is 63.6 Å². The number of rotatable bonds is 8. The second-order valence-corrected chi connectivity index (χ2v) is 11.9. The Morgan fingerprint density at radius 1 is 1.06 bits per heavy atom. The van der Waals surface area contributed by atoms with E-state index in [0.717, 1.165) is 21.7 Å². The molecule has 0 aliphatic carbocycles. The van der Waals surface area contributed by atoms with Crippen LogP contribution in [0.3, 0.4) is 0 Å². The molecule has 0 spiro atoms. The average Bonchev–Trinajstić information content (AvgIpc) is 2.71. The third-order valence-electron chi connectivity index (χ3n) is 5.15. The highest BCUT2D eigenvalue weighted by atomic mass is 35.5. The number of carbonyl (C=O) groups excluding carboxylic acids is 2. The van der Waals surface area contributed by atoms with Gasteiger partial charge in [0.05, 0.1) is 22.0 Å². The molecule has 10 heteroatoms. The molecule has 186 valence electrons. The van der Waals surface area contributed by atoms with Gasteiger partial charge in [-0.05, 0) is 57.9 Å². The van der Waals surface area contributed by atoms with E-state index in [1.165, 1.54) is 17.0 Å². The zero-order valence-electron chi connectivity index (χ0n) is 20.2. The molecule has 1 N–H and O–H groups in total. The normalized spacial score (nSPS) is 12.7. The minimum absolute atomic E-state index is 0.0198. The Morgan fingerprint density at radius 3 is 2.24 bits per heavy atom. The van der Waals surface area contributed by atoms with Gasteiger partial charge in [-0.15, -0.1) is 0 Å². The van der Waals surface area contributed by atoms with E-state index in [9.17, 15) is 18.0 Å². The van der Waals surface area contributed by atoms with Gasteiger partial charge < -0.3 is 10.2 Å². The lowest BCUT2D eigenvalue weighted by atomic mass is 10.1. The molecule has 0 heterocycles. The molecular weight excluding hydrogens is 497 g/mol. The largest absolute Gasteiger partial charge is 0.350 e. The first kappa shape index (κ1) is 28.0. The summed E-state index contributed by atoms with van der Waals surface area (Å²) < 4.78 is 26.2. The molecule has 2 aromatic carbocycles. The maximum Gasteiger partial charge on any atom is 0.244 e. The molecule has 0 aliphatic rings. The molecule has 2 aromatic rings. The van der Waals surface area contributed by atoms with Gasteiger partial charge in [-0.1, -0.05) is 53.5 Å². The second-order valence-electron chi connectivity index (χ2n) is 9.21. The summed E-state index contributed by atoms with van der Waals surface area (Å²) in [5.74, 6) is -0.901. The predicted octanol–water partition coefficient (Wildman–Crippen LogP) is 4.40. The number of anilines is 1. The third kappa shape index (κ3) is 7.35. The predicted molar refractivity (Wildman–Crippen MR) is 138 cm³/mol. The molecule has 0 unspecified atom stereocenters. The first-order chi connectivity index (χ1) is 15.6. The number of nitrogens with zero attached hydrogens (tertiary/aromatic N) is 2. The van der Waals surface area contributed by atoms with Crippen LogP contribution in [0.2, 0.25) is 10.0 Å². The summed E-state index contributed by atoms with van der Waals surface area (Å²) in [5.41, 5.74) is 1.38. The molecule has 2 amide bonds. The Morgan fingerprint density at radius 2 is 1.68 bits per heavy atom. The fraction of sp³-hybridized carbons (Fsp3) is 0.417. The summed E-state index contributed by atoms with van der Waals surface area (Å²) in [5, 5.41) is 3.07. The highest BCUT2D eigenvalue weighted by Crippen LogP contribution is 2.33. The van der Waals surface area contributed by atoms with Crippen LogP contribution in [0.15, 0.2) is 42.5 Å². The van der Waals surface area contributed by atoms with Gasteiger partial charge in [0.1, 0.15) is 12.6 Å².